The number of urea groups is 1. The zero-order chi connectivity index (χ0) is 12.0. The zero-order valence-electron chi connectivity index (χ0n) is 10.4. The van der Waals surface area contributed by atoms with Crippen LogP contribution in [-0.2, 0) is 0 Å². The van der Waals surface area contributed by atoms with Crippen molar-refractivity contribution in [1.82, 2.24) is 10.6 Å². The Hall–Kier alpha value is -0.770. The fourth-order valence-corrected chi connectivity index (χ4v) is 2.34. The molecule has 2 atom stereocenters. The van der Waals surface area contributed by atoms with Gasteiger partial charge in [0.15, 0.2) is 0 Å². The molecule has 2 unspecified atom stereocenters. The predicted molar refractivity (Wildman–Crippen MR) is 64.3 cm³/mol. The van der Waals surface area contributed by atoms with E-state index in [1.54, 1.807) is 0 Å². The molecule has 16 heavy (non-hydrogen) atoms. The summed E-state index contributed by atoms with van der Waals surface area (Å²) in [5, 5.41) is 15.8. The minimum absolute atomic E-state index is 0.173. The molecular weight excluding hydrogens is 204 g/mol. The van der Waals surface area contributed by atoms with Gasteiger partial charge in [-0.1, -0.05) is 26.7 Å². The van der Waals surface area contributed by atoms with E-state index in [-0.39, 0.29) is 6.03 Å². The number of rotatable bonds is 4. The number of aliphatic hydroxyl groups is 1. The van der Waals surface area contributed by atoms with Crippen LogP contribution >= 0.6 is 0 Å². The van der Waals surface area contributed by atoms with E-state index in [1.807, 2.05) is 6.92 Å². The van der Waals surface area contributed by atoms with Gasteiger partial charge in [0.25, 0.3) is 0 Å². The highest BCUT2D eigenvalue weighted by Crippen LogP contribution is 2.31. The van der Waals surface area contributed by atoms with E-state index in [1.165, 1.54) is 6.42 Å². The van der Waals surface area contributed by atoms with E-state index < -0.39 is 5.60 Å². The van der Waals surface area contributed by atoms with Gasteiger partial charge in [-0.15, -0.1) is 0 Å². The smallest absolute Gasteiger partial charge is 0.314 e. The van der Waals surface area contributed by atoms with Crippen LogP contribution in [0.2, 0.25) is 0 Å². The lowest BCUT2D eigenvalue weighted by molar-refractivity contribution is -0.00950. The van der Waals surface area contributed by atoms with Gasteiger partial charge in [0.2, 0.25) is 0 Å². The molecule has 1 aliphatic rings. The van der Waals surface area contributed by atoms with Crippen molar-refractivity contribution in [1.29, 1.82) is 0 Å². The highest BCUT2D eigenvalue weighted by atomic mass is 16.3. The summed E-state index contributed by atoms with van der Waals surface area (Å²) in [7, 11) is 0. The highest BCUT2D eigenvalue weighted by molar-refractivity contribution is 5.73. The lowest BCUT2D eigenvalue weighted by Crippen LogP contribution is -2.48. The number of hydrogen-bond donors (Lipinski definition) is 3. The summed E-state index contributed by atoms with van der Waals surface area (Å²) in [4.78, 5) is 11.3. The molecule has 0 aromatic carbocycles. The van der Waals surface area contributed by atoms with Crippen molar-refractivity contribution in [2.45, 2.75) is 51.6 Å². The Morgan fingerprint density at radius 2 is 2.25 bits per heavy atom. The molecule has 1 rings (SSSR count). The topological polar surface area (TPSA) is 61.4 Å². The summed E-state index contributed by atoms with van der Waals surface area (Å²) in [6, 6.07) is -0.173. The van der Waals surface area contributed by atoms with Crippen LogP contribution in [0.1, 0.15) is 46.0 Å². The van der Waals surface area contributed by atoms with Crippen molar-refractivity contribution in [3.63, 3.8) is 0 Å². The van der Waals surface area contributed by atoms with Crippen LogP contribution in [0.15, 0.2) is 0 Å². The Balaban J connectivity index is 2.27. The normalized spacial score (nSPS) is 29.8. The summed E-state index contributed by atoms with van der Waals surface area (Å²) in [5.74, 6) is 0.555. The Morgan fingerprint density at radius 1 is 1.50 bits per heavy atom. The van der Waals surface area contributed by atoms with Crippen LogP contribution in [0.5, 0.6) is 0 Å². The van der Waals surface area contributed by atoms with Crippen LogP contribution < -0.4 is 10.6 Å². The van der Waals surface area contributed by atoms with Gasteiger partial charge in [-0.25, -0.2) is 4.79 Å². The van der Waals surface area contributed by atoms with Crippen molar-refractivity contribution >= 4 is 6.03 Å². The van der Waals surface area contributed by atoms with E-state index in [0.717, 1.165) is 25.7 Å². The first-order valence-electron chi connectivity index (χ1n) is 6.30. The lowest BCUT2D eigenvalue weighted by atomic mass is 9.79. The first-order valence-corrected chi connectivity index (χ1v) is 6.30. The number of carbonyl (C=O) groups is 1. The van der Waals surface area contributed by atoms with Crippen molar-refractivity contribution < 1.29 is 9.90 Å². The zero-order valence-corrected chi connectivity index (χ0v) is 10.4. The minimum atomic E-state index is -0.693. The minimum Gasteiger partial charge on any atom is -0.388 e. The third kappa shape index (κ3) is 4.39. The molecule has 1 saturated carbocycles. The van der Waals surface area contributed by atoms with Gasteiger partial charge >= 0.3 is 6.03 Å². The average molecular weight is 228 g/mol. The van der Waals surface area contributed by atoms with Crippen LogP contribution in [0, 0.1) is 5.92 Å². The summed E-state index contributed by atoms with van der Waals surface area (Å²) >= 11 is 0. The molecule has 2 amide bonds. The van der Waals surface area contributed by atoms with Gasteiger partial charge in [-0.05, 0) is 25.2 Å². The lowest BCUT2D eigenvalue weighted by Gasteiger charge is -2.35. The molecule has 0 aromatic rings. The SMILES string of the molecule is CCCNC(=O)NCC1(O)CCCC(C)C1. The maximum absolute atomic E-state index is 11.3. The number of amides is 2. The Labute approximate surface area is 97.8 Å². The number of nitrogens with one attached hydrogen (secondary N) is 2. The fourth-order valence-electron chi connectivity index (χ4n) is 2.34. The van der Waals surface area contributed by atoms with Gasteiger partial charge in [0.05, 0.1) is 5.60 Å². The van der Waals surface area contributed by atoms with Gasteiger partial charge in [-0.2, -0.15) is 0 Å². The number of carbonyl (C=O) groups excluding carboxylic acids is 1. The summed E-state index contributed by atoms with van der Waals surface area (Å²) in [6.07, 6.45) is 4.75. The summed E-state index contributed by atoms with van der Waals surface area (Å²) in [5.41, 5.74) is -0.693. The van der Waals surface area contributed by atoms with Gasteiger partial charge in [-0.3, -0.25) is 0 Å². The first kappa shape index (κ1) is 13.3. The Morgan fingerprint density at radius 3 is 2.88 bits per heavy atom. The van der Waals surface area contributed by atoms with Crippen molar-refractivity contribution in [2.75, 3.05) is 13.1 Å². The quantitative estimate of drug-likeness (QED) is 0.685. The second-order valence-electron chi connectivity index (χ2n) is 5.04. The van der Waals surface area contributed by atoms with E-state index >= 15 is 0 Å². The van der Waals surface area contributed by atoms with Crippen molar-refractivity contribution in [3.05, 3.63) is 0 Å². The maximum atomic E-state index is 11.3. The first-order chi connectivity index (χ1) is 7.56. The summed E-state index contributed by atoms with van der Waals surface area (Å²) in [6.45, 7) is 5.21. The molecule has 0 heterocycles. The van der Waals surface area contributed by atoms with E-state index in [4.69, 9.17) is 0 Å². The average Bonchev–Trinajstić information content (AvgIpc) is 2.23. The van der Waals surface area contributed by atoms with Crippen LogP contribution in [0.4, 0.5) is 4.79 Å². The van der Waals surface area contributed by atoms with Crippen molar-refractivity contribution in [2.24, 2.45) is 5.92 Å². The second kappa shape index (κ2) is 6.09. The predicted octanol–water partition coefficient (Wildman–Crippen LogP) is 1.64. The molecular formula is C12H24N2O2. The molecule has 3 N–H and O–H groups in total. The monoisotopic (exact) mass is 228 g/mol. The standard InChI is InChI=1S/C12H24N2O2/c1-3-7-13-11(15)14-9-12(16)6-4-5-10(2)8-12/h10,16H,3-9H2,1-2H3,(H2,13,14,15). The van der Waals surface area contributed by atoms with Gasteiger partial charge in [0.1, 0.15) is 0 Å². The molecule has 94 valence electrons. The molecule has 0 aromatic heterocycles. The van der Waals surface area contributed by atoms with Gasteiger partial charge in [0, 0.05) is 13.1 Å². The van der Waals surface area contributed by atoms with Crippen LogP contribution in [0.25, 0.3) is 0 Å². The van der Waals surface area contributed by atoms with E-state index in [0.29, 0.717) is 19.0 Å². The third-order valence-corrected chi connectivity index (χ3v) is 3.18. The molecule has 4 heteroatoms. The van der Waals surface area contributed by atoms with Crippen LogP contribution in [-0.4, -0.2) is 29.8 Å². The number of hydrogen-bond acceptors (Lipinski definition) is 2. The molecule has 1 aliphatic carbocycles. The molecule has 1 fully saturated rings. The molecule has 0 bridgehead atoms. The van der Waals surface area contributed by atoms with Crippen molar-refractivity contribution in [3.8, 4) is 0 Å². The Bertz CT molecular complexity index is 233. The van der Waals surface area contributed by atoms with Crippen LogP contribution in [0.3, 0.4) is 0 Å². The molecule has 0 saturated heterocycles. The fraction of sp³-hybridized carbons (Fsp3) is 0.917. The largest absolute Gasteiger partial charge is 0.388 e. The molecule has 0 radical (unpaired) electrons. The van der Waals surface area contributed by atoms with Gasteiger partial charge < -0.3 is 15.7 Å². The molecule has 0 spiro atoms. The highest BCUT2D eigenvalue weighted by Gasteiger charge is 2.32. The molecule has 4 nitrogen and oxygen atoms in total. The maximum Gasteiger partial charge on any atom is 0.314 e. The summed E-state index contributed by atoms with van der Waals surface area (Å²) < 4.78 is 0. The van der Waals surface area contributed by atoms with E-state index in [9.17, 15) is 9.90 Å². The van der Waals surface area contributed by atoms with E-state index in [2.05, 4.69) is 17.6 Å². The molecule has 0 aliphatic heterocycles. The Kier molecular flexibility index (Phi) is 5.06. The third-order valence-electron chi connectivity index (χ3n) is 3.18. The second-order valence-corrected chi connectivity index (χ2v) is 5.04.